The van der Waals surface area contributed by atoms with Gasteiger partial charge in [-0.1, -0.05) is 38.5 Å². The summed E-state index contributed by atoms with van der Waals surface area (Å²) in [4.78, 5) is 12.7. The molecule has 19 heteroatoms. The fraction of sp³-hybridized carbons (Fsp3) is 0.952. The molecular formula is C21H22F17NO. The Hall–Kier alpha value is -1.72. The van der Waals surface area contributed by atoms with Crippen molar-refractivity contribution in [2.45, 2.75) is 124 Å². The minimum atomic E-state index is -8.71. The maximum absolute atomic E-state index is 14.8. The van der Waals surface area contributed by atoms with Crippen LogP contribution in [0.1, 0.15) is 64.2 Å². The van der Waals surface area contributed by atoms with Crippen LogP contribution in [-0.2, 0) is 4.79 Å². The number of alkyl halides is 17. The number of nitrogens with zero attached hydrogens (tertiary/aromatic N) is 1. The van der Waals surface area contributed by atoms with Crippen molar-refractivity contribution in [1.29, 1.82) is 0 Å². The molecule has 2 aliphatic rings. The largest absolute Gasteiger partial charge is 0.460 e. The Morgan fingerprint density at radius 3 is 1.00 bits per heavy atom. The van der Waals surface area contributed by atoms with E-state index in [0.29, 0.717) is 12.8 Å². The molecule has 0 atom stereocenters. The molecule has 2 fully saturated rings. The third-order valence-electron chi connectivity index (χ3n) is 7.16. The van der Waals surface area contributed by atoms with E-state index in [1.165, 1.54) is 0 Å². The van der Waals surface area contributed by atoms with Gasteiger partial charge >= 0.3 is 47.6 Å². The second-order valence-electron chi connectivity index (χ2n) is 9.81. The molecule has 0 unspecified atom stereocenters. The molecule has 236 valence electrons. The first-order chi connectivity index (χ1) is 17.7. The molecule has 0 heterocycles. The smallest absolute Gasteiger partial charge is 0.331 e. The molecule has 2 aliphatic carbocycles. The van der Waals surface area contributed by atoms with Gasteiger partial charge in [0.15, 0.2) is 0 Å². The molecule has 1 amide bonds. The van der Waals surface area contributed by atoms with E-state index in [-0.39, 0.29) is 56.3 Å². The molecule has 2 nitrogen and oxygen atoms in total. The van der Waals surface area contributed by atoms with Gasteiger partial charge in [-0.15, -0.1) is 0 Å². The summed E-state index contributed by atoms with van der Waals surface area (Å²) in [6.45, 7) is 0. The van der Waals surface area contributed by atoms with Gasteiger partial charge in [-0.25, -0.2) is 0 Å². The van der Waals surface area contributed by atoms with Crippen LogP contribution in [0.4, 0.5) is 74.6 Å². The van der Waals surface area contributed by atoms with Gasteiger partial charge in [-0.2, -0.15) is 74.6 Å². The first-order valence-electron chi connectivity index (χ1n) is 11.8. The van der Waals surface area contributed by atoms with Crippen molar-refractivity contribution in [2.24, 2.45) is 0 Å². The summed E-state index contributed by atoms with van der Waals surface area (Å²) in [7, 11) is 0. The van der Waals surface area contributed by atoms with Crippen molar-refractivity contribution in [1.82, 2.24) is 4.90 Å². The Morgan fingerprint density at radius 1 is 0.425 bits per heavy atom. The van der Waals surface area contributed by atoms with Crippen molar-refractivity contribution in [3.63, 3.8) is 0 Å². The summed E-state index contributed by atoms with van der Waals surface area (Å²) in [6.07, 6.45) is -6.47. The van der Waals surface area contributed by atoms with Crippen LogP contribution in [0.5, 0.6) is 0 Å². The van der Waals surface area contributed by atoms with Crippen LogP contribution in [0.15, 0.2) is 0 Å². The maximum atomic E-state index is 14.8. The number of halogens is 17. The van der Waals surface area contributed by atoms with E-state index in [4.69, 9.17) is 0 Å². The van der Waals surface area contributed by atoms with Gasteiger partial charge in [0.05, 0.1) is 0 Å². The lowest BCUT2D eigenvalue weighted by molar-refractivity contribution is -0.459. The zero-order chi connectivity index (χ0) is 31.4. The zero-order valence-electron chi connectivity index (χ0n) is 20.0. The van der Waals surface area contributed by atoms with Crippen molar-refractivity contribution in [2.75, 3.05) is 0 Å². The summed E-state index contributed by atoms with van der Waals surface area (Å²) in [5.41, 5.74) is 0. The lowest BCUT2D eigenvalue weighted by atomic mass is 9.86. The average Bonchev–Trinajstić information content (AvgIpc) is 2.84. The van der Waals surface area contributed by atoms with Crippen molar-refractivity contribution < 1.29 is 79.4 Å². The zero-order valence-corrected chi connectivity index (χ0v) is 20.0. The maximum Gasteiger partial charge on any atom is 0.460 e. The summed E-state index contributed by atoms with van der Waals surface area (Å²) in [5, 5.41) is 0. The van der Waals surface area contributed by atoms with Crippen LogP contribution in [0, 0.1) is 0 Å². The minimum Gasteiger partial charge on any atom is -0.331 e. The van der Waals surface area contributed by atoms with Crippen molar-refractivity contribution in [3.05, 3.63) is 0 Å². The summed E-state index contributed by atoms with van der Waals surface area (Å²) < 4.78 is 232. The molecule has 0 radical (unpaired) electrons. The number of hydrogen-bond donors (Lipinski definition) is 0. The molecule has 40 heavy (non-hydrogen) atoms. The normalized spacial score (nSPS) is 20.5. The number of carbonyl (C=O) groups is 1. The van der Waals surface area contributed by atoms with Gasteiger partial charge in [-0.3, -0.25) is 4.79 Å². The third kappa shape index (κ3) is 4.97. The molecule has 0 aliphatic heterocycles. The Balaban J connectivity index is 2.59. The fourth-order valence-corrected chi connectivity index (χ4v) is 4.81. The Bertz CT molecular complexity index is 883. The van der Waals surface area contributed by atoms with Gasteiger partial charge in [0.25, 0.3) is 5.91 Å². The predicted molar refractivity (Wildman–Crippen MR) is 101 cm³/mol. The van der Waals surface area contributed by atoms with E-state index in [9.17, 15) is 79.4 Å². The highest BCUT2D eigenvalue weighted by Crippen LogP contribution is 2.64. The first-order valence-corrected chi connectivity index (χ1v) is 11.8. The fourth-order valence-electron chi connectivity index (χ4n) is 4.81. The van der Waals surface area contributed by atoms with Crippen LogP contribution in [0.25, 0.3) is 0 Å². The van der Waals surface area contributed by atoms with Crippen molar-refractivity contribution >= 4 is 5.91 Å². The molecule has 0 aromatic rings. The molecule has 0 aromatic heterocycles. The van der Waals surface area contributed by atoms with Crippen molar-refractivity contribution in [3.8, 4) is 0 Å². The van der Waals surface area contributed by atoms with Gasteiger partial charge in [0.1, 0.15) is 0 Å². The molecule has 0 bridgehead atoms. The average molecular weight is 627 g/mol. The number of hydrogen-bond acceptors (Lipinski definition) is 1. The highest BCUT2D eigenvalue weighted by Gasteiger charge is 2.95. The molecule has 0 aromatic carbocycles. The molecule has 2 saturated carbocycles. The summed E-state index contributed by atoms with van der Waals surface area (Å²) >= 11 is 0. The van der Waals surface area contributed by atoms with E-state index in [1.54, 1.807) is 0 Å². The highest BCUT2D eigenvalue weighted by molar-refractivity contribution is 5.85. The summed E-state index contributed by atoms with van der Waals surface area (Å²) in [5.74, 6) is -60.9. The summed E-state index contributed by atoms with van der Waals surface area (Å²) in [6, 6.07) is -2.62. The monoisotopic (exact) mass is 627 g/mol. The van der Waals surface area contributed by atoms with Crippen LogP contribution in [0.2, 0.25) is 0 Å². The SMILES string of the molecule is O=C(N(C1CCCCC1)C1CCCCC1)C(F)(F)C(F)(F)C(F)(F)C(F)(F)C(F)(F)C(F)(F)C(F)(F)C(F)(F)F. The van der Waals surface area contributed by atoms with E-state index >= 15 is 0 Å². The van der Waals surface area contributed by atoms with Gasteiger partial charge in [0, 0.05) is 12.1 Å². The second-order valence-corrected chi connectivity index (χ2v) is 9.81. The number of rotatable bonds is 9. The quantitative estimate of drug-likeness (QED) is 0.235. The van der Waals surface area contributed by atoms with E-state index in [2.05, 4.69) is 0 Å². The van der Waals surface area contributed by atoms with Crippen LogP contribution in [0.3, 0.4) is 0 Å². The topological polar surface area (TPSA) is 20.3 Å². The number of carbonyl (C=O) groups excluding carboxylic acids is 1. The van der Waals surface area contributed by atoms with E-state index in [0.717, 1.165) is 0 Å². The molecular weight excluding hydrogens is 605 g/mol. The second kappa shape index (κ2) is 10.5. The Morgan fingerprint density at radius 2 is 0.700 bits per heavy atom. The van der Waals surface area contributed by atoms with Gasteiger partial charge in [-0.05, 0) is 25.7 Å². The minimum absolute atomic E-state index is 0.0605. The number of amides is 1. The Kier molecular flexibility index (Phi) is 9.07. The van der Waals surface area contributed by atoms with Crippen LogP contribution >= 0.6 is 0 Å². The molecule has 2 rings (SSSR count). The van der Waals surface area contributed by atoms with E-state index < -0.39 is 65.6 Å². The molecule has 0 saturated heterocycles. The lowest BCUT2D eigenvalue weighted by Gasteiger charge is -2.46. The third-order valence-corrected chi connectivity index (χ3v) is 7.16. The highest BCUT2D eigenvalue weighted by atomic mass is 19.4. The molecule has 0 N–H and O–H groups in total. The van der Waals surface area contributed by atoms with Gasteiger partial charge < -0.3 is 4.90 Å². The Labute approximate surface area is 215 Å². The van der Waals surface area contributed by atoms with Gasteiger partial charge in [0.2, 0.25) is 0 Å². The standard InChI is InChI=1S/C21H22F17NO/c22-14(23,13(40)39(11-7-3-1-4-8-11)12-9-5-2-6-10-12)15(24,25)16(26,27)17(28,29)18(30,31)19(32,33)20(34,35)21(36,37)38/h11-12H,1-10H2. The van der Waals surface area contributed by atoms with Crippen LogP contribution in [-0.4, -0.2) is 70.5 Å². The lowest BCUT2D eigenvalue weighted by Crippen LogP contribution is -2.75. The van der Waals surface area contributed by atoms with Crippen LogP contribution < -0.4 is 0 Å². The molecule has 0 spiro atoms. The predicted octanol–water partition coefficient (Wildman–Crippen LogP) is 8.49. The van der Waals surface area contributed by atoms with E-state index in [1.807, 2.05) is 0 Å². The first kappa shape index (κ1) is 34.5.